The molecule has 0 fully saturated rings. The van der Waals surface area contributed by atoms with Crippen LogP contribution >= 0.6 is 0 Å². The van der Waals surface area contributed by atoms with Crippen molar-refractivity contribution in [2.75, 3.05) is 12.3 Å². The highest BCUT2D eigenvalue weighted by molar-refractivity contribution is 7.89. The largest absolute Gasteiger partial charge is 0.312 e. The molecule has 2 rings (SSSR count). The average Bonchev–Trinajstić information content (AvgIpc) is 2.85. The summed E-state index contributed by atoms with van der Waals surface area (Å²) in [6, 6.07) is 9.37. The van der Waals surface area contributed by atoms with E-state index < -0.39 is 14.9 Å². The molecule has 0 bridgehead atoms. The van der Waals surface area contributed by atoms with Crippen LogP contribution in [0.1, 0.15) is 23.9 Å². The van der Waals surface area contributed by atoms with Gasteiger partial charge in [-0.15, -0.1) is 0 Å². The van der Waals surface area contributed by atoms with E-state index in [9.17, 15) is 18.5 Å². The number of benzene rings is 1. The summed E-state index contributed by atoms with van der Waals surface area (Å²) in [4.78, 5) is 10.6. The summed E-state index contributed by atoms with van der Waals surface area (Å²) in [5.41, 5.74) is 1.50. The predicted molar refractivity (Wildman–Crippen MR) is 94.7 cm³/mol. The molecule has 8 nitrogen and oxygen atoms in total. The van der Waals surface area contributed by atoms with Gasteiger partial charge in [0, 0.05) is 13.1 Å². The number of aromatic nitrogens is 2. The van der Waals surface area contributed by atoms with Gasteiger partial charge in [0.05, 0.1) is 17.2 Å². The molecule has 0 amide bonds. The van der Waals surface area contributed by atoms with Crippen molar-refractivity contribution in [2.24, 2.45) is 0 Å². The monoisotopic (exact) mass is 366 g/mol. The minimum atomic E-state index is -3.51. The molecule has 0 saturated heterocycles. The summed E-state index contributed by atoms with van der Waals surface area (Å²) in [6.07, 6.45) is 0. The second-order valence-electron chi connectivity index (χ2n) is 5.73. The zero-order chi connectivity index (χ0) is 18.6. The van der Waals surface area contributed by atoms with Crippen LogP contribution in [0.15, 0.2) is 30.3 Å². The van der Waals surface area contributed by atoms with Gasteiger partial charge in [0.2, 0.25) is 10.0 Å². The second kappa shape index (κ2) is 7.75. The first-order valence-corrected chi connectivity index (χ1v) is 9.57. The van der Waals surface area contributed by atoms with Gasteiger partial charge in [-0.1, -0.05) is 37.3 Å². The third-order valence-corrected chi connectivity index (χ3v) is 5.91. The summed E-state index contributed by atoms with van der Waals surface area (Å²) in [6.45, 7) is 5.64. The summed E-state index contributed by atoms with van der Waals surface area (Å²) in [5.74, 6) is -0.160. The molecule has 1 aromatic heterocycles. The zero-order valence-electron chi connectivity index (χ0n) is 14.5. The SMILES string of the molecule is CCN(Cc1ccccc1)S(=O)(=O)CCn1nc(C)c([N+](=O)[O-])c1C. The van der Waals surface area contributed by atoms with Crippen LogP contribution in [0.4, 0.5) is 5.69 Å². The maximum absolute atomic E-state index is 12.6. The molecular formula is C16H22N4O4S. The maximum Gasteiger partial charge on any atom is 0.312 e. The quantitative estimate of drug-likeness (QED) is 0.527. The van der Waals surface area contributed by atoms with Crippen molar-refractivity contribution in [3.8, 4) is 0 Å². The Morgan fingerprint density at radius 3 is 2.40 bits per heavy atom. The van der Waals surface area contributed by atoms with Crippen molar-refractivity contribution < 1.29 is 13.3 Å². The highest BCUT2D eigenvalue weighted by Crippen LogP contribution is 2.22. The van der Waals surface area contributed by atoms with Crippen LogP contribution in [0.2, 0.25) is 0 Å². The third-order valence-electron chi connectivity index (χ3n) is 4.03. The molecular weight excluding hydrogens is 344 g/mol. The van der Waals surface area contributed by atoms with Crippen LogP contribution in [0, 0.1) is 24.0 Å². The Hall–Kier alpha value is -2.26. The first-order valence-electron chi connectivity index (χ1n) is 7.96. The molecule has 0 aliphatic heterocycles. The average molecular weight is 366 g/mol. The highest BCUT2D eigenvalue weighted by Gasteiger charge is 2.25. The van der Waals surface area contributed by atoms with Gasteiger partial charge in [0.25, 0.3) is 0 Å². The van der Waals surface area contributed by atoms with Crippen LogP contribution in [0.25, 0.3) is 0 Å². The highest BCUT2D eigenvalue weighted by atomic mass is 32.2. The fourth-order valence-electron chi connectivity index (χ4n) is 2.69. The summed E-state index contributed by atoms with van der Waals surface area (Å²) >= 11 is 0. The van der Waals surface area contributed by atoms with E-state index in [4.69, 9.17) is 0 Å². The molecule has 1 aromatic carbocycles. The van der Waals surface area contributed by atoms with Crippen molar-refractivity contribution in [3.05, 3.63) is 57.4 Å². The van der Waals surface area contributed by atoms with Crippen molar-refractivity contribution in [1.29, 1.82) is 0 Å². The van der Waals surface area contributed by atoms with Crippen molar-refractivity contribution in [2.45, 2.75) is 33.9 Å². The Morgan fingerprint density at radius 2 is 1.88 bits per heavy atom. The second-order valence-corrected chi connectivity index (χ2v) is 7.82. The van der Waals surface area contributed by atoms with Crippen molar-refractivity contribution >= 4 is 15.7 Å². The van der Waals surface area contributed by atoms with Gasteiger partial charge in [-0.3, -0.25) is 14.8 Å². The van der Waals surface area contributed by atoms with E-state index in [-0.39, 0.29) is 23.7 Å². The molecule has 0 atom stereocenters. The number of aryl methyl sites for hydroxylation is 2. The van der Waals surface area contributed by atoms with Gasteiger partial charge in [-0.05, 0) is 19.4 Å². The lowest BCUT2D eigenvalue weighted by molar-refractivity contribution is -0.386. The number of hydrogen-bond acceptors (Lipinski definition) is 5. The lowest BCUT2D eigenvalue weighted by atomic mass is 10.2. The van der Waals surface area contributed by atoms with E-state index in [1.807, 2.05) is 30.3 Å². The number of nitro groups is 1. The van der Waals surface area contributed by atoms with Crippen molar-refractivity contribution in [1.82, 2.24) is 14.1 Å². The fourth-order valence-corrected chi connectivity index (χ4v) is 4.10. The van der Waals surface area contributed by atoms with E-state index in [0.717, 1.165) is 5.56 Å². The van der Waals surface area contributed by atoms with Crippen LogP contribution < -0.4 is 0 Å². The molecule has 0 aliphatic rings. The smallest absolute Gasteiger partial charge is 0.261 e. The summed E-state index contributed by atoms with van der Waals surface area (Å²) in [7, 11) is -3.51. The minimum absolute atomic E-state index is 0.0611. The minimum Gasteiger partial charge on any atom is -0.261 e. The van der Waals surface area contributed by atoms with E-state index in [2.05, 4.69) is 5.10 Å². The standard InChI is InChI=1S/C16H22N4O4S/c1-4-18(12-15-8-6-5-7-9-15)25(23,24)11-10-19-14(3)16(20(21)22)13(2)17-19/h5-9H,4,10-12H2,1-3H3. The Kier molecular flexibility index (Phi) is 5.91. The maximum atomic E-state index is 12.6. The van der Waals surface area contributed by atoms with E-state index in [1.165, 1.54) is 8.99 Å². The van der Waals surface area contributed by atoms with Gasteiger partial charge < -0.3 is 0 Å². The molecule has 9 heteroatoms. The normalized spacial score (nSPS) is 11.8. The van der Waals surface area contributed by atoms with Crippen LogP contribution in [-0.2, 0) is 23.1 Å². The molecule has 25 heavy (non-hydrogen) atoms. The molecule has 0 unspecified atom stereocenters. The van der Waals surface area contributed by atoms with E-state index in [0.29, 0.717) is 18.8 Å². The zero-order valence-corrected chi connectivity index (χ0v) is 15.4. The molecule has 0 aliphatic carbocycles. The summed E-state index contributed by atoms with van der Waals surface area (Å²) in [5, 5.41) is 15.1. The molecule has 2 aromatic rings. The number of hydrogen-bond donors (Lipinski definition) is 0. The Balaban J connectivity index is 2.13. The van der Waals surface area contributed by atoms with Gasteiger partial charge in [-0.2, -0.15) is 9.40 Å². The molecule has 0 N–H and O–H groups in total. The molecule has 136 valence electrons. The molecule has 0 saturated carbocycles. The van der Waals surface area contributed by atoms with E-state index in [1.54, 1.807) is 20.8 Å². The number of sulfonamides is 1. The number of rotatable bonds is 8. The van der Waals surface area contributed by atoms with Gasteiger partial charge >= 0.3 is 5.69 Å². The summed E-state index contributed by atoms with van der Waals surface area (Å²) < 4.78 is 28.1. The van der Waals surface area contributed by atoms with Gasteiger partial charge in [-0.25, -0.2) is 8.42 Å². The Bertz CT molecular complexity index is 847. The van der Waals surface area contributed by atoms with Crippen LogP contribution in [0.3, 0.4) is 0 Å². The molecule has 1 heterocycles. The first kappa shape index (κ1) is 19.1. The van der Waals surface area contributed by atoms with Crippen molar-refractivity contribution in [3.63, 3.8) is 0 Å². The third kappa shape index (κ3) is 4.43. The Labute approximate surface area is 147 Å². The Morgan fingerprint density at radius 1 is 1.24 bits per heavy atom. The van der Waals surface area contributed by atoms with Crippen LogP contribution in [0.5, 0.6) is 0 Å². The fraction of sp³-hybridized carbons (Fsp3) is 0.438. The van der Waals surface area contributed by atoms with Gasteiger partial charge in [0.1, 0.15) is 11.4 Å². The molecule has 0 radical (unpaired) electrons. The molecule has 0 spiro atoms. The lowest BCUT2D eigenvalue weighted by Gasteiger charge is -2.20. The van der Waals surface area contributed by atoms with Crippen LogP contribution in [-0.4, -0.2) is 39.7 Å². The lowest BCUT2D eigenvalue weighted by Crippen LogP contribution is -2.34. The number of nitrogens with zero attached hydrogens (tertiary/aromatic N) is 4. The van der Waals surface area contributed by atoms with E-state index >= 15 is 0 Å². The predicted octanol–water partition coefficient (Wildman–Crippen LogP) is 2.26. The topological polar surface area (TPSA) is 98.3 Å². The van der Waals surface area contributed by atoms with Gasteiger partial charge in [0.15, 0.2) is 0 Å². The first-order chi connectivity index (χ1) is 11.8.